The van der Waals surface area contributed by atoms with Crippen LogP contribution in [-0.2, 0) is 11.3 Å². The van der Waals surface area contributed by atoms with Crippen LogP contribution < -0.4 is 10.1 Å². The molecule has 0 fully saturated rings. The summed E-state index contributed by atoms with van der Waals surface area (Å²) >= 11 is 0. The van der Waals surface area contributed by atoms with Crippen molar-refractivity contribution in [1.29, 1.82) is 5.26 Å². The molecule has 1 aromatic heterocycles. The lowest BCUT2D eigenvalue weighted by Crippen LogP contribution is -2.05. The van der Waals surface area contributed by atoms with Crippen molar-refractivity contribution >= 4 is 22.4 Å². The molecule has 0 bridgehead atoms. The summed E-state index contributed by atoms with van der Waals surface area (Å²) in [7, 11) is 0. The molecule has 0 spiro atoms. The van der Waals surface area contributed by atoms with Crippen LogP contribution in [0.3, 0.4) is 0 Å². The van der Waals surface area contributed by atoms with Gasteiger partial charge in [0.1, 0.15) is 17.6 Å². The van der Waals surface area contributed by atoms with E-state index in [1.54, 1.807) is 0 Å². The number of nitrogens with one attached hydrogen (secondary N) is 1. The van der Waals surface area contributed by atoms with Crippen molar-refractivity contribution in [3.05, 3.63) is 59.7 Å². The van der Waals surface area contributed by atoms with Gasteiger partial charge in [-0.2, -0.15) is 5.26 Å². The van der Waals surface area contributed by atoms with E-state index in [4.69, 9.17) is 14.7 Å². The highest BCUT2D eigenvalue weighted by molar-refractivity contribution is 5.81. The predicted molar refractivity (Wildman–Crippen MR) is 107 cm³/mol. The van der Waals surface area contributed by atoms with Crippen LogP contribution in [0.15, 0.2) is 48.5 Å². The average molecular weight is 361 g/mol. The summed E-state index contributed by atoms with van der Waals surface area (Å²) in [6, 6.07) is 18.0. The Bertz CT molecular complexity index is 963. The van der Waals surface area contributed by atoms with Gasteiger partial charge < -0.3 is 14.8 Å². The number of aromatic nitrogens is 1. The van der Waals surface area contributed by atoms with Gasteiger partial charge in [-0.3, -0.25) is 0 Å². The van der Waals surface area contributed by atoms with Crippen LogP contribution in [0.2, 0.25) is 0 Å². The second kappa shape index (κ2) is 9.02. The molecule has 2 aromatic carbocycles. The minimum Gasteiger partial charge on any atom is -0.478 e. The first-order valence-electron chi connectivity index (χ1n) is 9.05. The van der Waals surface area contributed by atoms with Gasteiger partial charge in [-0.15, -0.1) is 0 Å². The zero-order chi connectivity index (χ0) is 19.1. The van der Waals surface area contributed by atoms with Crippen LogP contribution in [0, 0.1) is 18.3 Å². The molecule has 0 saturated carbocycles. The molecule has 1 heterocycles. The van der Waals surface area contributed by atoms with E-state index in [0.29, 0.717) is 19.0 Å². The van der Waals surface area contributed by atoms with Crippen LogP contribution >= 0.6 is 0 Å². The highest BCUT2D eigenvalue weighted by Gasteiger charge is 2.13. The molecule has 0 aliphatic rings. The standard InChI is InChI=1S/C22H23N3O2/c1-3-13-26-15-18-8-10-19(16(2)22(18)27-14-12-23)24-21-11-9-17-6-4-5-7-20(17)25-21/h4-11H,3,13-15H2,1-2H3,(H,24,25). The van der Waals surface area contributed by atoms with Crippen molar-refractivity contribution in [3.8, 4) is 11.8 Å². The highest BCUT2D eigenvalue weighted by atomic mass is 16.5. The first-order valence-corrected chi connectivity index (χ1v) is 9.05. The summed E-state index contributed by atoms with van der Waals surface area (Å²) in [6.07, 6.45) is 0.959. The summed E-state index contributed by atoms with van der Waals surface area (Å²) in [5.41, 5.74) is 3.70. The monoisotopic (exact) mass is 361 g/mol. The minimum absolute atomic E-state index is 0.000699. The maximum Gasteiger partial charge on any atom is 0.174 e. The number of fused-ring (bicyclic) bond motifs is 1. The maximum atomic E-state index is 8.90. The quantitative estimate of drug-likeness (QED) is 0.564. The number of benzene rings is 2. The van der Waals surface area contributed by atoms with Crippen LogP contribution in [-0.4, -0.2) is 18.2 Å². The molecule has 0 aliphatic heterocycles. The van der Waals surface area contributed by atoms with E-state index in [1.807, 2.05) is 61.5 Å². The molecule has 5 nitrogen and oxygen atoms in total. The molecule has 0 unspecified atom stereocenters. The van der Waals surface area contributed by atoms with Crippen molar-refractivity contribution < 1.29 is 9.47 Å². The molecule has 0 amide bonds. The zero-order valence-electron chi connectivity index (χ0n) is 15.7. The molecular formula is C22H23N3O2. The molecule has 0 saturated heterocycles. The van der Waals surface area contributed by atoms with Crippen molar-refractivity contribution in [3.63, 3.8) is 0 Å². The second-order valence-corrected chi connectivity index (χ2v) is 6.24. The van der Waals surface area contributed by atoms with E-state index >= 15 is 0 Å². The summed E-state index contributed by atoms with van der Waals surface area (Å²) in [4.78, 5) is 4.66. The second-order valence-electron chi connectivity index (χ2n) is 6.24. The number of hydrogen-bond donors (Lipinski definition) is 1. The van der Waals surface area contributed by atoms with E-state index in [-0.39, 0.29) is 6.61 Å². The number of ether oxygens (including phenoxy) is 2. The number of nitriles is 1. The third-order valence-electron chi connectivity index (χ3n) is 4.24. The van der Waals surface area contributed by atoms with Crippen LogP contribution in [0.5, 0.6) is 5.75 Å². The molecule has 5 heteroatoms. The first kappa shape index (κ1) is 18.7. The molecule has 0 radical (unpaired) electrons. The lowest BCUT2D eigenvalue weighted by atomic mass is 10.1. The van der Waals surface area contributed by atoms with Gasteiger partial charge in [0.2, 0.25) is 0 Å². The van der Waals surface area contributed by atoms with Gasteiger partial charge in [-0.25, -0.2) is 4.98 Å². The number of anilines is 2. The SMILES string of the molecule is CCCOCc1ccc(Nc2ccc3ccccc3n2)c(C)c1OCC#N. The number of para-hydroxylation sites is 1. The number of nitrogens with zero attached hydrogens (tertiary/aromatic N) is 2. The summed E-state index contributed by atoms with van der Waals surface area (Å²) in [6.45, 7) is 5.20. The molecule has 3 aromatic rings. The van der Waals surface area contributed by atoms with Crippen LogP contribution in [0.4, 0.5) is 11.5 Å². The smallest absolute Gasteiger partial charge is 0.174 e. The number of hydrogen-bond acceptors (Lipinski definition) is 5. The van der Waals surface area contributed by atoms with Gasteiger partial charge in [0.15, 0.2) is 6.61 Å². The Kier molecular flexibility index (Phi) is 6.24. The molecule has 0 atom stereocenters. The topological polar surface area (TPSA) is 67.2 Å². The average Bonchev–Trinajstić information content (AvgIpc) is 2.69. The number of pyridine rings is 1. The molecule has 1 N–H and O–H groups in total. The van der Waals surface area contributed by atoms with Gasteiger partial charge >= 0.3 is 0 Å². The van der Waals surface area contributed by atoms with Gasteiger partial charge in [0.25, 0.3) is 0 Å². The first-order chi connectivity index (χ1) is 13.2. The Labute approximate surface area is 159 Å². The Morgan fingerprint density at radius 3 is 2.78 bits per heavy atom. The van der Waals surface area contributed by atoms with Crippen molar-refractivity contribution in [1.82, 2.24) is 4.98 Å². The van der Waals surface area contributed by atoms with Crippen molar-refractivity contribution in [2.75, 3.05) is 18.5 Å². The normalized spacial score (nSPS) is 10.6. The van der Waals surface area contributed by atoms with E-state index in [2.05, 4.69) is 17.2 Å². The molecular weight excluding hydrogens is 338 g/mol. The fraction of sp³-hybridized carbons (Fsp3) is 0.273. The van der Waals surface area contributed by atoms with E-state index in [0.717, 1.165) is 40.0 Å². The van der Waals surface area contributed by atoms with E-state index in [1.165, 1.54) is 0 Å². The number of rotatable bonds is 8. The third kappa shape index (κ3) is 4.55. The molecule has 138 valence electrons. The van der Waals surface area contributed by atoms with Gasteiger partial charge in [-0.05, 0) is 37.6 Å². The largest absolute Gasteiger partial charge is 0.478 e. The third-order valence-corrected chi connectivity index (χ3v) is 4.24. The van der Waals surface area contributed by atoms with E-state index < -0.39 is 0 Å². The molecule has 3 rings (SSSR count). The molecule has 27 heavy (non-hydrogen) atoms. The van der Waals surface area contributed by atoms with Gasteiger partial charge in [0, 0.05) is 28.8 Å². The highest BCUT2D eigenvalue weighted by Crippen LogP contribution is 2.32. The van der Waals surface area contributed by atoms with Crippen molar-refractivity contribution in [2.45, 2.75) is 26.9 Å². The summed E-state index contributed by atoms with van der Waals surface area (Å²) in [5, 5.41) is 13.4. The lowest BCUT2D eigenvalue weighted by molar-refractivity contribution is 0.119. The fourth-order valence-electron chi connectivity index (χ4n) is 2.90. The Morgan fingerprint density at radius 1 is 1.11 bits per heavy atom. The van der Waals surface area contributed by atoms with Gasteiger partial charge in [-0.1, -0.05) is 31.2 Å². The van der Waals surface area contributed by atoms with Gasteiger partial charge in [0.05, 0.1) is 12.1 Å². The van der Waals surface area contributed by atoms with Crippen LogP contribution in [0.1, 0.15) is 24.5 Å². The lowest BCUT2D eigenvalue weighted by Gasteiger charge is -2.17. The minimum atomic E-state index is -0.000699. The predicted octanol–water partition coefficient (Wildman–Crippen LogP) is 5.12. The zero-order valence-corrected chi connectivity index (χ0v) is 15.7. The summed E-state index contributed by atoms with van der Waals surface area (Å²) in [5.74, 6) is 1.46. The fourth-order valence-corrected chi connectivity index (χ4v) is 2.90. The van der Waals surface area contributed by atoms with Crippen molar-refractivity contribution in [2.24, 2.45) is 0 Å². The summed E-state index contributed by atoms with van der Waals surface area (Å²) < 4.78 is 11.4. The van der Waals surface area contributed by atoms with Crippen LogP contribution in [0.25, 0.3) is 10.9 Å². The molecule has 0 aliphatic carbocycles. The maximum absolute atomic E-state index is 8.90. The van der Waals surface area contributed by atoms with E-state index in [9.17, 15) is 0 Å². The Morgan fingerprint density at radius 2 is 1.96 bits per heavy atom. The Hall–Kier alpha value is -3.10. The Balaban J connectivity index is 1.88.